The Bertz CT molecular complexity index is 1140. The molecule has 1 atom stereocenters. The van der Waals surface area contributed by atoms with Gasteiger partial charge in [0.15, 0.2) is 0 Å². The summed E-state index contributed by atoms with van der Waals surface area (Å²) in [5.74, 6) is -1.30. The van der Waals surface area contributed by atoms with E-state index in [-0.39, 0.29) is 50.5 Å². The molecule has 1 heterocycles. The Balaban J connectivity index is 1.88. The highest BCUT2D eigenvalue weighted by Crippen LogP contribution is 2.37. The topological polar surface area (TPSA) is 99.2 Å². The molecule has 38 heavy (non-hydrogen) atoms. The van der Waals surface area contributed by atoms with Gasteiger partial charge in [0.05, 0.1) is 12.5 Å². The lowest BCUT2D eigenvalue weighted by molar-refractivity contribution is -0.140. The van der Waals surface area contributed by atoms with E-state index in [1.54, 1.807) is 28.0 Å². The number of carbonyl (C=O) groups excluding carboxylic acids is 2. The number of aryl methyl sites for hydroxylation is 1. The maximum absolute atomic E-state index is 13.7. The van der Waals surface area contributed by atoms with E-state index in [4.69, 9.17) is 27.9 Å². The summed E-state index contributed by atoms with van der Waals surface area (Å²) in [4.78, 5) is 41.8. The van der Waals surface area contributed by atoms with E-state index in [0.717, 1.165) is 5.56 Å². The van der Waals surface area contributed by atoms with Crippen LogP contribution in [0.25, 0.3) is 0 Å². The minimum absolute atomic E-state index is 0.0508. The summed E-state index contributed by atoms with van der Waals surface area (Å²) in [6.45, 7) is 7.10. The molecule has 2 aromatic rings. The summed E-state index contributed by atoms with van der Waals surface area (Å²) < 4.78 is 5.52. The van der Waals surface area contributed by atoms with Crippen molar-refractivity contribution in [2.24, 2.45) is 5.41 Å². The van der Waals surface area contributed by atoms with E-state index in [1.165, 1.54) is 0 Å². The van der Waals surface area contributed by atoms with Crippen molar-refractivity contribution < 1.29 is 24.2 Å². The molecule has 0 radical (unpaired) electrons. The number of hydrogen-bond donors (Lipinski definition) is 2. The number of carboxylic acid groups (broad SMARTS) is 1. The molecular formula is C28H35Cl2N3O5. The molecule has 1 aliphatic heterocycles. The van der Waals surface area contributed by atoms with Crippen molar-refractivity contribution in [3.63, 3.8) is 0 Å². The first kappa shape index (κ1) is 29.7. The van der Waals surface area contributed by atoms with Gasteiger partial charge in [0, 0.05) is 60.4 Å². The molecule has 1 unspecified atom stereocenters. The SMILES string of the molecule is Cc1ccc(N2CC(CC(=O)O)(CC(=O)NCCCOC(C)C)CN(Cc3ccc(Cl)cc3Cl)C2=O)cc1. The fourth-order valence-corrected chi connectivity index (χ4v) is 5.10. The number of anilines is 1. The molecule has 2 aromatic carbocycles. The van der Waals surface area contributed by atoms with Gasteiger partial charge in [0.25, 0.3) is 0 Å². The van der Waals surface area contributed by atoms with Crippen LogP contribution < -0.4 is 10.2 Å². The standard InChI is InChI=1S/C28H35Cl2N3O5/c1-19(2)38-12-4-11-31-25(34)14-28(15-26(35)36)17-32(16-21-7-8-22(29)13-24(21)30)27(37)33(18-28)23-9-5-20(3)6-10-23/h5-10,13,19H,4,11-12,14-18H2,1-3H3,(H,31,34)(H,35,36). The van der Waals surface area contributed by atoms with E-state index in [2.05, 4.69) is 5.32 Å². The Morgan fingerprint density at radius 1 is 1.11 bits per heavy atom. The fraction of sp³-hybridized carbons (Fsp3) is 0.464. The molecule has 0 aliphatic carbocycles. The van der Waals surface area contributed by atoms with Gasteiger partial charge >= 0.3 is 12.0 Å². The van der Waals surface area contributed by atoms with E-state index in [0.29, 0.717) is 40.9 Å². The zero-order valence-corrected chi connectivity index (χ0v) is 23.5. The second-order valence-corrected chi connectivity index (χ2v) is 11.0. The third kappa shape index (κ3) is 8.35. The Kier molecular flexibility index (Phi) is 10.4. The molecule has 1 aliphatic rings. The largest absolute Gasteiger partial charge is 0.481 e. The molecule has 206 valence electrons. The number of benzene rings is 2. The zero-order valence-electron chi connectivity index (χ0n) is 22.0. The van der Waals surface area contributed by atoms with Crippen LogP contribution in [-0.2, 0) is 20.9 Å². The predicted octanol–water partition coefficient (Wildman–Crippen LogP) is 5.53. The fourth-order valence-electron chi connectivity index (χ4n) is 4.63. The number of ether oxygens (including phenoxy) is 1. The van der Waals surface area contributed by atoms with Crippen LogP contribution in [0.5, 0.6) is 0 Å². The highest BCUT2D eigenvalue weighted by Gasteiger charge is 2.46. The van der Waals surface area contributed by atoms with Crippen LogP contribution in [0, 0.1) is 12.3 Å². The molecule has 8 nitrogen and oxygen atoms in total. The number of halogens is 2. The summed E-state index contributed by atoms with van der Waals surface area (Å²) in [7, 11) is 0. The van der Waals surface area contributed by atoms with Crippen molar-refractivity contribution in [1.29, 1.82) is 0 Å². The molecule has 1 fully saturated rings. The van der Waals surface area contributed by atoms with Gasteiger partial charge in [0.2, 0.25) is 5.91 Å². The number of aliphatic carboxylic acids is 1. The van der Waals surface area contributed by atoms with Gasteiger partial charge < -0.3 is 20.1 Å². The van der Waals surface area contributed by atoms with Crippen LogP contribution in [0.1, 0.15) is 44.2 Å². The Labute approximate surface area is 233 Å². The maximum Gasteiger partial charge on any atom is 0.324 e. The van der Waals surface area contributed by atoms with Gasteiger partial charge in [-0.1, -0.05) is 47.0 Å². The molecule has 10 heteroatoms. The minimum Gasteiger partial charge on any atom is -0.481 e. The Morgan fingerprint density at radius 2 is 1.82 bits per heavy atom. The van der Waals surface area contributed by atoms with Crippen LogP contribution in [0.2, 0.25) is 10.0 Å². The number of nitrogens with one attached hydrogen (secondary N) is 1. The highest BCUT2D eigenvalue weighted by molar-refractivity contribution is 6.35. The lowest BCUT2D eigenvalue weighted by Gasteiger charge is -2.47. The van der Waals surface area contributed by atoms with Crippen molar-refractivity contribution in [2.45, 2.75) is 52.7 Å². The van der Waals surface area contributed by atoms with Gasteiger partial charge in [-0.05, 0) is 57.0 Å². The summed E-state index contributed by atoms with van der Waals surface area (Å²) in [5.41, 5.74) is 1.31. The van der Waals surface area contributed by atoms with Crippen LogP contribution in [0.3, 0.4) is 0 Å². The summed E-state index contributed by atoms with van der Waals surface area (Å²) >= 11 is 12.5. The lowest BCUT2D eigenvalue weighted by Crippen LogP contribution is -2.60. The van der Waals surface area contributed by atoms with Crippen molar-refractivity contribution in [3.05, 3.63) is 63.6 Å². The second kappa shape index (κ2) is 13.3. The molecule has 0 aromatic heterocycles. The van der Waals surface area contributed by atoms with Crippen molar-refractivity contribution >= 4 is 46.8 Å². The lowest BCUT2D eigenvalue weighted by atomic mass is 9.78. The maximum atomic E-state index is 13.7. The van der Waals surface area contributed by atoms with Crippen LogP contribution in [-0.4, -0.2) is 60.3 Å². The quantitative estimate of drug-likeness (QED) is 0.331. The van der Waals surface area contributed by atoms with Crippen molar-refractivity contribution in [1.82, 2.24) is 10.2 Å². The first-order valence-electron chi connectivity index (χ1n) is 12.7. The van der Waals surface area contributed by atoms with E-state index >= 15 is 0 Å². The number of hydrogen-bond acceptors (Lipinski definition) is 4. The molecular weight excluding hydrogens is 529 g/mol. The average Bonchev–Trinajstić information content (AvgIpc) is 2.82. The first-order chi connectivity index (χ1) is 18.0. The van der Waals surface area contributed by atoms with E-state index < -0.39 is 11.4 Å². The predicted molar refractivity (Wildman–Crippen MR) is 149 cm³/mol. The van der Waals surface area contributed by atoms with Crippen molar-refractivity contribution in [2.75, 3.05) is 31.1 Å². The van der Waals surface area contributed by atoms with Crippen molar-refractivity contribution in [3.8, 4) is 0 Å². The van der Waals surface area contributed by atoms with E-state index in [1.807, 2.05) is 45.0 Å². The minimum atomic E-state index is -1.04. The Morgan fingerprint density at radius 3 is 2.45 bits per heavy atom. The van der Waals surface area contributed by atoms with Gasteiger partial charge in [-0.25, -0.2) is 4.79 Å². The van der Waals surface area contributed by atoms with Crippen LogP contribution in [0.4, 0.5) is 10.5 Å². The molecule has 3 rings (SSSR count). The number of nitrogens with zero attached hydrogens (tertiary/aromatic N) is 2. The molecule has 2 N–H and O–H groups in total. The molecule has 1 saturated heterocycles. The van der Waals surface area contributed by atoms with Gasteiger partial charge in [-0.2, -0.15) is 0 Å². The number of carboxylic acids is 1. The smallest absolute Gasteiger partial charge is 0.324 e. The van der Waals surface area contributed by atoms with Crippen LogP contribution >= 0.6 is 23.2 Å². The number of amides is 3. The highest BCUT2D eigenvalue weighted by atomic mass is 35.5. The zero-order chi connectivity index (χ0) is 27.9. The normalized spacial score (nSPS) is 17.7. The van der Waals surface area contributed by atoms with Gasteiger partial charge in [0.1, 0.15) is 0 Å². The summed E-state index contributed by atoms with van der Waals surface area (Å²) in [5, 5.41) is 13.6. The van der Waals surface area contributed by atoms with Gasteiger partial charge in [-0.15, -0.1) is 0 Å². The first-order valence-corrected chi connectivity index (χ1v) is 13.4. The Hall–Kier alpha value is -2.81. The molecule has 0 bridgehead atoms. The van der Waals surface area contributed by atoms with Gasteiger partial charge in [-0.3, -0.25) is 14.5 Å². The summed E-state index contributed by atoms with van der Waals surface area (Å²) in [6, 6.07) is 12.2. The second-order valence-electron chi connectivity index (χ2n) is 10.2. The number of urea groups is 1. The van der Waals surface area contributed by atoms with Crippen LogP contribution in [0.15, 0.2) is 42.5 Å². The molecule has 0 spiro atoms. The van der Waals surface area contributed by atoms with E-state index in [9.17, 15) is 19.5 Å². The number of carbonyl (C=O) groups is 3. The average molecular weight is 565 g/mol. The molecule has 0 saturated carbocycles. The third-order valence-corrected chi connectivity index (χ3v) is 6.99. The molecule has 3 amide bonds. The number of rotatable bonds is 12. The summed E-state index contributed by atoms with van der Waals surface area (Å²) in [6.07, 6.45) is 0.421. The third-order valence-electron chi connectivity index (χ3n) is 6.40. The monoisotopic (exact) mass is 563 g/mol.